The maximum atomic E-state index is 11.9. The largest absolute Gasteiger partial charge is 0.481 e. The van der Waals surface area contributed by atoms with Crippen molar-refractivity contribution in [3.63, 3.8) is 0 Å². The molecule has 0 atom stereocenters. The quantitative estimate of drug-likeness (QED) is 0.712. The first-order valence-corrected chi connectivity index (χ1v) is 5.86. The molecular weight excluding hydrogens is 248 g/mol. The predicted molar refractivity (Wildman–Crippen MR) is 66.6 cm³/mol. The van der Waals surface area contributed by atoms with Crippen LogP contribution in [0.5, 0.6) is 0 Å². The summed E-state index contributed by atoms with van der Waals surface area (Å²) in [6, 6.07) is 6.00. The number of primary amides is 1. The standard InChI is InChI=1S/C13H14N2O4/c14-10(16)8-2-1-3-9(6-8)11(17)15-7-13(4-5-13)12(18)19/h1-3,6H,4-5,7H2,(H2,14,16)(H,15,17)(H,18,19). The van der Waals surface area contributed by atoms with Gasteiger partial charge in [-0.25, -0.2) is 0 Å². The summed E-state index contributed by atoms with van der Waals surface area (Å²) in [5, 5.41) is 11.6. The molecular formula is C13H14N2O4. The van der Waals surface area contributed by atoms with Crippen molar-refractivity contribution >= 4 is 17.8 Å². The van der Waals surface area contributed by atoms with Crippen LogP contribution < -0.4 is 11.1 Å². The van der Waals surface area contributed by atoms with Gasteiger partial charge in [0.05, 0.1) is 5.41 Å². The van der Waals surface area contributed by atoms with Crippen molar-refractivity contribution in [1.82, 2.24) is 5.32 Å². The van der Waals surface area contributed by atoms with Crippen LogP contribution in [0.3, 0.4) is 0 Å². The van der Waals surface area contributed by atoms with Gasteiger partial charge in [-0.15, -0.1) is 0 Å². The number of benzene rings is 1. The highest BCUT2D eigenvalue weighted by atomic mass is 16.4. The van der Waals surface area contributed by atoms with E-state index in [1.807, 2.05) is 0 Å². The summed E-state index contributed by atoms with van der Waals surface area (Å²) in [4.78, 5) is 33.8. The number of carbonyl (C=O) groups excluding carboxylic acids is 2. The number of aliphatic carboxylic acids is 1. The summed E-state index contributed by atoms with van der Waals surface area (Å²) in [5.41, 5.74) is 4.85. The Morgan fingerprint density at radius 3 is 2.42 bits per heavy atom. The zero-order valence-corrected chi connectivity index (χ0v) is 10.2. The normalized spacial score (nSPS) is 15.6. The van der Waals surface area contributed by atoms with Crippen LogP contribution in [0.2, 0.25) is 0 Å². The Morgan fingerprint density at radius 2 is 1.89 bits per heavy atom. The number of hydrogen-bond acceptors (Lipinski definition) is 3. The first-order chi connectivity index (χ1) is 8.94. The van der Waals surface area contributed by atoms with Crippen LogP contribution in [-0.4, -0.2) is 29.4 Å². The molecule has 0 unspecified atom stereocenters. The number of carbonyl (C=O) groups is 3. The van der Waals surface area contributed by atoms with E-state index in [2.05, 4.69) is 5.32 Å². The maximum Gasteiger partial charge on any atom is 0.311 e. The average molecular weight is 262 g/mol. The lowest BCUT2D eigenvalue weighted by Crippen LogP contribution is -2.34. The molecule has 1 aromatic rings. The Morgan fingerprint density at radius 1 is 1.26 bits per heavy atom. The van der Waals surface area contributed by atoms with Gasteiger partial charge in [0.15, 0.2) is 0 Å². The zero-order chi connectivity index (χ0) is 14.0. The fourth-order valence-corrected chi connectivity index (χ4v) is 1.78. The van der Waals surface area contributed by atoms with Crippen LogP contribution in [0.4, 0.5) is 0 Å². The second kappa shape index (κ2) is 4.72. The Kier molecular flexibility index (Phi) is 3.25. The van der Waals surface area contributed by atoms with Crippen LogP contribution in [0.1, 0.15) is 33.6 Å². The molecule has 2 amide bonds. The lowest BCUT2D eigenvalue weighted by molar-refractivity contribution is -0.143. The van der Waals surface area contributed by atoms with Gasteiger partial charge in [0.1, 0.15) is 0 Å². The van der Waals surface area contributed by atoms with Crippen LogP contribution in [0, 0.1) is 5.41 Å². The fourth-order valence-electron chi connectivity index (χ4n) is 1.78. The van der Waals surface area contributed by atoms with Gasteiger partial charge in [-0.05, 0) is 31.0 Å². The van der Waals surface area contributed by atoms with Crippen LogP contribution in [0.25, 0.3) is 0 Å². The molecule has 0 aliphatic heterocycles. The van der Waals surface area contributed by atoms with Crippen molar-refractivity contribution in [1.29, 1.82) is 0 Å². The molecule has 0 aromatic heterocycles. The molecule has 1 aliphatic rings. The lowest BCUT2D eigenvalue weighted by atomic mass is 10.1. The van der Waals surface area contributed by atoms with Crippen LogP contribution in [-0.2, 0) is 4.79 Å². The summed E-state index contributed by atoms with van der Waals surface area (Å²) in [6.07, 6.45) is 1.15. The van der Waals surface area contributed by atoms with Crippen molar-refractivity contribution < 1.29 is 19.5 Å². The Hall–Kier alpha value is -2.37. The van der Waals surface area contributed by atoms with E-state index < -0.39 is 23.2 Å². The highest BCUT2D eigenvalue weighted by Gasteiger charge is 2.50. The molecule has 1 aliphatic carbocycles. The van der Waals surface area contributed by atoms with E-state index in [1.54, 1.807) is 12.1 Å². The monoisotopic (exact) mass is 262 g/mol. The first kappa shape index (κ1) is 13.1. The lowest BCUT2D eigenvalue weighted by Gasteiger charge is -2.11. The molecule has 1 fully saturated rings. The van der Waals surface area contributed by atoms with Crippen molar-refractivity contribution in [3.05, 3.63) is 35.4 Å². The predicted octanol–water partition coefficient (Wildman–Crippen LogP) is 0.380. The van der Waals surface area contributed by atoms with E-state index >= 15 is 0 Å². The molecule has 6 heteroatoms. The molecule has 0 saturated heterocycles. The van der Waals surface area contributed by atoms with Gasteiger partial charge in [-0.2, -0.15) is 0 Å². The van der Waals surface area contributed by atoms with E-state index in [1.165, 1.54) is 12.1 Å². The smallest absolute Gasteiger partial charge is 0.311 e. The fraction of sp³-hybridized carbons (Fsp3) is 0.308. The molecule has 1 aromatic carbocycles. The minimum atomic E-state index is -0.890. The molecule has 0 spiro atoms. The number of hydrogen-bond donors (Lipinski definition) is 3. The van der Waals surface area contributed by atoms with Gasteiger partial charge >= 0.3 is 5.97 Å². The van der Waals surface area contributed by atoms with Gasteiger partial charge in [-0.1, -0.05) is 6.07 Å². The van der Waals surface area contributed by atoms with Crippen LogP contribution in [0.15, 0.2) is 24.3 Å². The average Bonchev–Trinajstić information content (AvgIpc) is 3.17. The summed E-state index contributed by atoms with van der Waals surface area (Å²) < 4.78 is 0. The third-order valence-corrected chi connectivity index (χ3v) is 3.30. The maximum absolute atomic E-state index is 11.9. The summed E-state index contributed by atoms with van der Waals surface area (Å²) in [5.74, 6) is -1.91. The minimum Gasteiger partial charge on any atom is -0.481 e. The number of rotatable bonds is 5. The molecule has 2 rings (SSSR count). The molecule has 6 nitrogen and oxygen atoms in total. The number of carboxylic acid groups (broad SMARTS) is 1. The SMILES string of the molecule is NC(=O)c1cccc(C(=O)NCC2(C(=O)O)CC2)c1. The van der Waals surface area contributed by atoms with Gasteiger partial charge in [-0.3, -0.25) is 14.4 Å². The van der Waals surface area contributed by atoms with Gasteiger partial charge < -0.3 is 16.2 Å². The van der Waals surface area contributed by atoms with Crippen LogP contribution >= 0.6 is 0 Å². The van der Waals surface area contributed by atoms with Gasteiger partial charge in [0, 0.05) is 17.7 Å². The van der Waals surface area contributed by atoms with Crippen molar-refractivity contribution in [3.8, 4) is 0 Å². The number of nitrogens with two attached hydrogens (primary N) is 1. The van der Waals surface area contributed by atoms with E-state index in [0.29, 0.717) is 12.8 Å². The Bertz CT molecular complexity index is 549. The molecule has 0 heterocycles. The third kappa shape index (κ3) is 2.73. The number of nitrogens with one attached hydrogen (secondary N) is 1. The summed E-state index contributed by atoms with van der Waals surface area (Å²) in [7, 11) is 0. The second-order valence-electron chi connectivity index (χ2n) is 4.71. The topological polar surface area (TPSA) is 109 Å². The van der Waals surface area contributed by atoms with E-state index in [9.17, 15) is 14.4 Å². The molecule has 4 N–H and O–H groups in total. The molecule has 0 bridgehead atoms. The molecule has 19 heavy (non-hydrogen) atoms. The first-order valence-electron chi connectivity index (χ1n) is 5.86. The van der Waals surface area contributed by atoms with E-state index in [4.69, 9.17) is 10.8 Å². The van der Waals surface area contributed by atoms with Gasteiger partial charge in [0.2, 0.25) is 5.91 Å². The highest BCUT2D eigenvalue weighted by molar-refractivity contribution is 5.99. The van der Waals surface area contributed by atoms with E-state index in [-0.39, 0.29) is 17.7 Å². The summed E-state index contributed by atoms with van der Waals surface area (Å²) in [6.45, 7) is 0.0992. The van der Waals surface area contributed by atoms with Crippen molar-refractivity contribution in [2.45, 2.75) is 12.8 Å². The molecule has 1 saturated carbocycles. The Balaban J connectivity index is 2.02. The zero-order valence-electron chi connectivity index (χ0n) is 10.2. The number of carboxylic acids is 1. The number of amides is 2. The second-order valence-corrected chi connectivity index (χ2v) is 4.71. The third-order valence-electron chi connectivity index (χ3n) is 3.30. The minimum absolute atomic E-state index is 0.0992. The van der Waals surface area contributed by atoms with Crippen molar-refractivity contribution in [2.75, 3.05) is 6.54 Å². The molecule has 0 radical (unpaired) electrons. The highest BCUT2D eigenvalue weighted by Crippen LogP contribution is 2.45. The Labute approximate surface area is 109 Å². The van der Waals surface area contributed by atoms with Gasteiger partial charge in [0.25, 0.3) is 5.91 Å². The van der Waals surface area contributed by atoms with Crippen molar-refractivity contribution in [2.24, 2.45) is 11.1 Å². The summed E-state index contributed by atoms with van der Waals surface area (Å²) >= 11 is 0. The molecule has 100 valence electrons. The van der Waals surface area contributed by atoms with E-state index in [0.717, 1.165) is 0 Å².